The smallest absolute Gasteiger partial charge is 0.196 e. The number of carbonyl (C=O) groups is 1. The summed E-state index contributed by atoms with van der Waals surface area (Å²) < 4.78 is 55.7. The highest BCUT2D eigenvalue weighted by Gasteiger charge is 2.26. The molecule has 0 unspecified atom stereocenters. The Bertz CT molecular complexity index is 1570. The first-order chi connectivity index (χ1) is 20.0. The van der Waals surface area contributed by atoms with E-state index in [0.29, 0.717) is 24.3 Å². The molecular formula is C28H28ClN3O5. The van der Waals surface area contributed by atoms with Crippen molar-refractivity contribution in [1.82, 2.24) is 9.97 Å². The topological polar surface area (TPSA) is 106 Å². The SMILES string of the molecule is [2H]C([2H])([2H])C([2H])([2H])Oc1cnc2[nH]cc(C(=O)c3ccc(Oc4ccccc4)cc3Cl)c2c1N[C@@H]1CC[C@@H](CO)OC1. The molecule has 2 aromatic heterocycles. The lowest BCUT2D eigenvalue weighted by Crippen LogP contribution is -2.36. The molecule has 0 radical (unpaired) electrons. The van der Waals surface area contributed by atoms with Gasteiger partial charge in [0.2, 0.25) is 0 Å². The zero-order valence-electron chi connectivity index (χ0n) is 24.7. The molecule has 0 spiro atoms. The Morgan fingerprint density at radius 1 is 1.27 bits per heavy atom. The predicted molar refractivity (Wildman–Crippen MR) is 142 cm³/mol. The van der Waals surface area contributed by atoms with Gasteiger partial charge in [-0.15, -0.1) is 0 Å². The number of hydrogen-bond donors (Lipinski definition) is 3. The first-order valence-corrected chi connectivity index (χ1v) is 12.1. The van der Waals surface area contributed by atoms with E-state index < -0.39 is 19.2 Å². The molecule has 2 atom stereocenters. The number of nitrogens with zero attached hydrogens (tertiary/aromatic N) is 1. The monoisotopic (exact) mass is 526 g/mol. The average Bonchev–Trinajstić information content (AvgIpc) is 3.39. The Kier molecular flexibility index (Phi) is 5.91. The van der Waals surface area contributed by atoms with Crippen LogP contribution in [0.3, 0.4) is 0 Å². The van der Waals surface area contributed by atoms with Crippen LogP contribution in [0.1, 0.15) is 42.5 Å². The van der Waals surface area contributed by atoms with Crippen LogP contribution in [-0.4, -0.2) is 52.8 Å². The fourth-order valence-corrected chi connectivity index (χ4v) is 4.57. The molecule has 0 aliphatic carbocycles. The first kappa shape index (κ1) is 19.5. The minimum atomic E-state index is -3.10. The standard InChI is InChI=1S/C28H28ClN3O5/c1-2-35-24-14-31-28-25(26(24)32-17-8-9-20(15-33)36-16-17)22(13-30-28)27(34)21-11-10-19(12-23(21)29)37-18-6-4-3-5-7-18/h3-7,10-14,17,20,33H,2,8-9,15-16H2,1H3,(H2,30,31,32)/t17-,20+/m1/s1/i1D3,2D2. The molecule has 5 rings (SSSR count). The summed E-state index contributed by atoms with van der Waals surface area (Å²) in [6, 6.07) is 13.5. The number of ketones is 1. The molecule has 0 saturated carbocycles. The van der Waals surface area contributed by atoms with E-state index in [4.69, 9.17) is 32.7 Å². The van der Waals surface area contributed by atoms with Crippen molar-refractivity contribution in [3.05, 3.63) is 77.1 Å². The van der Waals surface area contributed by atoms with E-state index in [1.54, 1.807) is 24.3 Å². The molecule has 3 heterocycles. The normalized spacial score (nSPS) is 20.2. The number of rotatable bonds is 9. The number of aliphatic hydroxyl groups excluding tert-OH is 1. The van der Waals surface area contributed by atoms with Crippen molar-refractivity contribution in [2.45, 2.75) is 31.8 Å². The predicted octanol–water partition coefficient (Wildman–Crippen LogP) is 5.59. The minimum Gasteiger partial charge on any atom is -0.490 e. The summed E-state index contributed by atoms with van der Waals surface area (Å²) in [5, 5.41) is 13.1. The van der Waals surface area contributed by atoms with Crippen molar-refractivity contribution in [3.63, 3.8) is 0 Å². The summed E-state index contributed by atoms with van der Waals surface area (Å²) in [6.07, 6.45) is 3.49. The summed E-state index contributed by atoms with van der Waals surface area (Å²) in [5.74, 6) is 0.386. The molecule has 8 nitrogen and oxygen atoms in total. The highest BCUT2D eigenvalue weighted by molar-refractivity contribution is 6.36. The molecule has 4 aromatic rings. The van der Waals surface area contributed by atoms with E-state index in [1.165, 1.54) is 18.5 Å². The largest absolute Gasteiger partial charge is 0.490 e. The first-order valence-electron chi connectivity index (χ1n) is 14.2. The van der Waals surface area contributed by atoms with E-state index in [1.807, 2.05) is 18.2 Å². The molecule has 0 amide bonds. The lowest BCUT2D eigenvalue weighted by Gasteiger charge is -2.30. The highest BCUT2D eigenvalue weighted by Crippen LogP contribution is 2.37. The number of pyridine rings is 1. The third kappa shape index (κ3) is 5.41. The molecule has 1 aliphatic rings. The van der Waals surface area contributed by atoms with E-state index in [-0.39, 0.29) is 64.0 Å². The molecule has 0 bridgehead atoms. The van der Waals surface area contributed by atoms with Gasteiger partial charge in [-0.1, -0.05) is 29.8 Å². The number of nitrogens with one attached hydrogen (secondary N) is 2. The Balaban J connectivity index is 1.53. The third-order valence-electron chi connectivity index (χ3n) is 6.16. The Morgan fingerprint density at radius 3 is 2.86 bits per heavy atom. The fourth-order valence-electron chi connectivity index (χ4n) is 4.31. The van der Waals surface area contributed by atoms with E-state index >= 15 is 0 Å². The lowest BCUT2D eigenvalue weighted by atomic mass is 10.0. The average molecular weight is 527 g/mol. The number of fused-ring (bicyclic) bond motifs is 1. The van der Waals surface area contributed by atoms with Crippen LogP contribution >= 0.6 is 11.6 Å². The number of ether oxygens (including phenoxy) is 3. The van der Waals surface area contributed by atoms with E-state index in [9.17, 15) is 9.90 Å². The molecule has 9 heteroatoms. The number of H-pyrrole nitrogens is 1. The number of carbonyl (C=O) groups excluding carboxylic acids is 1. The number of hydrogen-bond acceptors (Lipinski definition) is 7. The number of halogens is 1. The highest BCUT2D eigenvalue weighted by atomic mass is 35.5. The number of aromatic amines is 1. The van der Waals surface area contributed by atoms with E-state index in [2.05, 4.69) is 15.3 Å². The van der Waals surface area contributed by atoms with E-state index in [0.717, 1.165) is 0 Å². The maximum absolute atomic E-state index is 13.8. The summed E-state index contributed by atoms with van der Waals surface area (Å²) >= 11 is 6.53. The molecule has 1 saturated heterocycles. The second-order valence-electron chi connectivity index (χ2n) is 8.57. The summed E-state index contributed by atoms with van der Waals surface area (Å²) in [6.45, 7) is -6.06. The summed E-state index contributed by atoms with van der Waals surface area (Å²) in [4.78, 5) is 21.1. The molecule has 2 aromatic carbocycles. The van der Waals surface area contributed by atoms with Gasteiger partial charge in [-0.2, -0.15) is 0 Å². The van der Waals surface area contributed by atoms with Gasteiger partial charge >= 0.3 is 0 Å². The van der Waals surface area contributed by atoms with Crippen LogP contribution in [0.5, 0.6) is 17.2 Å². The molecular weight excluding hydrogens is 494 g/mol. The number of benzene rings is 2. The quantitative estimate of drug-likeness (QED) is 0.244. The third-order valence-corrected chi connectivity index (χ3v) is 6.47. The number of anilines is 1. The second-order valence-corrected chi connectivity index (χ2v) is 8.98. The van der Waals surface area contributed by atoms with Gasteiger partial charge in [0.1, 0.15) is 17.1 Å². The Labute approximate surface area is 226 Å². The van der Waals surface area contributed by atoms with Crippen LogP contribution in [0.25, 0.3) is 11.0 Å². The Hall–Kier alpha value is -3.59. The van der Waals surface area contributed by atoms with Gasteiger partial charge in [-0.3, -0.25) is 4.79 Å². The van der Waals surface area contributed by atoms with Crippen LogP contribution in [0.4, 0.5) is 5.69 Å². The van der Waals surface area contributed by atoms with Crippen molar-refractivity contribution in [3.8, 4) is 17.2 Å². The van der Waals surface area contributed by atoms with Crippen molar-refractivity contribution in [1.29, 1.82) is 0 Å². The summed E-state index contributed by atoms with van der Waals surface area (Å²) in [5.41, 5.74) is 0.796. The van der Waals surface area contributed by atoms with Gasteiger partial charge in [0.25, 0.3) is 0 Å². The van der Waals surface area contributed by atoms with Crippen molar-refractivity contribution < 1.29 is 31.0 Å². The lowest BCUT2D eigenvalue weighted by molar-refractivity contribution is -0.0223. The summed E-state index contributed by atoms with van der Waals surface area (Å²) in [7, 11) is 0. The van der Waals surface area contributed by atoms with Gasteiger partial charge in [-0.05, 0) is 44.0 Å². The van der Waals surface area contributed by atoms with Gasteiger partial charge in [0.15, 0.2) is 11.5 Å². The van der Waals surface area contributed by atoms with Crippen LogP contribution in [0.2, 0.25) is 5.02 Å². The minimum absolute atomic E-state index is 0.119. The fraction of sp³-hybridized carbons (Fsp3) is 0.286. The number of aromatic nitrogens is 2. The zero-order chi connectivity index (χ0) is 30.1. The molecule has 37 heavy (non-hydrogen) atoms. The molecule has 3 N–H and O–H groups in total. The van der Waals surface area contributed by atoms with Crippen LogP contribution < -0.4 is 14.8 Å². The van der Waals surface area contributed by atoms with Crippen LogP contribution in [0.15, 0.2) is 60.9 Å². The zero-order valence-corrected chi connectivity index (χ0v) is 20.4. The van der Waals surface area contributed by atoms with Gasteiger partial charge in [-0.25, -0.2) is 4.98 Å². The Morgan fingerprint density at radius 2 is 2.14 bits per heavy atom. The van der Waals surface area contributed by atoms with Crippen LogP contribution in [0, 0.1) is 0 Å². The number of aliphatic hydroxyl groups is 1. The maximum Gasteiger partial charge on any atom is 0.196 e. The maximum atomic E-state index is 13.8. The van der Waals surface area contributed by atoms with Crippen LogP contribution in [-0.2, 0) is 4.74 Å². The van der Waals surface area contributed by atoms with Crippen molar-refractivity contribution in [2.24, 2.45) is 0 Å². The number of para-hydroxylation sites is 1. The van der Waals surface area contributed by atoms with Gasteiger partial charge in [0, 0.05) is 28.0 Å². The van der Waals surface area contributed by atoms with Gasteiger partial charge < -0.3 is 29.6 Å². The molecule has 1 aliphatic heterocycles. The van der Waals surface area contributed by atoms with Crippen molar-refractivity contribution >= 4 is 34.1 Å². The second kappa shape index (κ2) is 11.2. The van der Waals surface area contributed by atoms with Gasteiger partial charge in [0.05, 0.1) is 56.5 Å². The molecule has 192 valence electrons. The van der Waals surface area contributed by atoms with Crippen molar-refractivity contribution in [2.75, 3.05) is 25.1 Å². The molecule has 1 fully saturated rings.